The highest BCUT2D eigenvalue weighted by molar-refractivity contribution is 9.10. The molecule has 0 saturated heterocycles. The van der Waals surface area contributed by atoms with Gasteiger partial charge in [0, 0.05) is 26.6 Å². The molecule has 0 spiro atoms. The zero-order valence-electron chi connectivity index (χ0n) is 15.7. The van der Waals surface area contributed by atoms with E-state index in [-0.39, 0.29) is 5.91 Å². The maximum atomic E-state index is 12.3. The SMILES string of the molecule is Cc1cc(CSc2ccccc2)ccc1NC(=O)CSCc1cccc(Br)c1. The van der Waals surface area contributed by atoms with E-state index in [1.807, 2.05) is 43.0 Å². The van der Waals surface area contributed by atoms with Crippen molar-refractivity contribution in [3.8, 4) is 0 Å². The minimum Gasteiger partial charge on any atom is -0.325 e. The number of amides is 1. The highest BCUT2D eigenvalue weighted by atomic mass is 79.9. The van der Waals surface area contributed by atoms with E-state index in [9.17, 15) is 4.79 Å². The molecule has 3 rings (SSSR count). The summed E-state index contributed by atoms with van der Waals surface area (Å²) in [4.78, 5) is 13.5. The first kappa shape index (κ1) is 21.0. The summed E-state index contributed by atoms with van der Waals surface area (Å²) in [7, 11) is 0. The lowest BCUT2D eigenvalue weighted by Gasteiger charge is -2.10. The summed E-state index contributed by atoms with van der Waals surface area (Å²) in [5.41, 5.74) is 4.45. The van der Waals surface area contributed by atoms with E-state index in [0.717, 1.165) is 27.2 Å². The van der Waals surface area contributed by atoms with Crippen LogP contribution in [0.4, 0.5) is 5.69 Å². The summed E-state index contributed by atoms with van der Waals surface area (Å²) in [6.07, 6.45) is 0. The first-order valence-electron chi connectivity index (χ1n) is 8.99. The summed E-state index contributed by atoms with van der Waals surface area (Å²) < 4.78 is 1.07. The summed E-state index contributed by atoms with van der Waals surface area (Å²) >= 11 is 6.91. The Morgan fingerprint density at radius 1 is 0.929 bits per heavy atom. The lowest BCUT2D eigenvalue weighted by molar-refractivity contribution is -0.113. The van der Waals surface area contributed by atoms with E-state index >= 15 is 0 Å². The molecule has 1 amide bonds. The van der Waals surface area contributed by atoms with Gasteiger partial charge in [-0.25, -0.2) is 0 Å². The second-order valence-corrected chi connectivity index (χ2v) is 9.37. The third kappa shape index (κ3) is 6.73. The van der Waals surface area contributed by atoms with Gasteiger partial charge in [-0.05, 0) is 53.9 Å². The molecule has 0 aromatic heterocycles. The molecule has 0 radical (unpaired) electrons. The molecule has 3 aromatic rings. The van der Waals surface area contributed by atoms with Crippen LogP contribution in [0.2, 0.25) is 0 Å². The normalized spacial score (nSPS) is 10.6. The predicted molar refractivity (Wildman–Crippen MR) is 126 cm³/mol. The third-order valence-corrected chi connectivity index (χ3v) is 6.68. The fourth-order valence-corrected chi connectivity index (χ4v) is 4.80. The van der Waals surface area contributed by atoms with Crippen LogP contribution in [0.15, 0.2) is 82.2 Å². The molecule has 0 unspecified atom stereocenters. The number of hydrogen-bond acceptors (Lipinski definition) is 3. The molecule has 0 heterocycles. The number of rotatable bonds is 8. The van der Waals surface area contributed by atoms with Crippen LogP contribution >= 0.6 is 39.5 Å². The van der Waals surface area contributed by atoms with Gasteiger partial charge >= 0.3 is 0 Å². The average molecular weight is 472 g/mol. The second-order valence-electron chi connectivity index (χ2n) is 6.42. The zero-order valence-corrected chi connectivity index (χ0v) is 18.9. The molecule has 5 heteroatoms. The highest BCUT2D eigenvalue weighted by Crippen LogP contribution is 2.25. The van der Waals surface area contributed by atoms with Gasteiger partial charge in [0.2, 0.25) is 5.91 Å². The van der Waals surface area contributed by atoms with Crippen molar-refractivity contribution in [3.63, 3.8) is 0 Å². The number of benzene rings is 3. The second kappa shape index (κ2) is 10.7. The van der Waals surface area contributed by atoms with Crippen LogP contribution in [-0.2, 0) is 16.3 Å². The molecule has 0 bridgehead atoms. The van der Waals surface area contributed by atoms with Crippen molar-refractivity contribution in [2.75, 3.05) is 11.1 Å². The quantitative estimate of drug-likeness (QED) is 0.361. The molecule has 144 valence electrons. The van der Waals surface area contributed by atoms with Crippen molar-refractivity contribution in [3.05, 3.63) is 94.0 Å². The van der Waals surface area contributed by atoms with E-state index in [1.54, 1.807) is 11.8 Å². The molecule has 0 aliphatic heterocycles. The van der Waals surface area contributed by atoms with Crippen LogP contribution in [0.25, 0.3) is 0 Å². The van der Waals surface area contributed by atoms with Crippen LogP contribution in [0, 0.1) is 6.92 Å². The maximum Gasteiger partial charge on any atom is 0.234 e. The number of anilines is 1. The van der Waals surface area contributed by atoms with Crippen LogP contribution < -0.4 is 5.32 Å². The van der Waals surface area contributed by atoms with E-state index in [0.29, 0.717) is 5.75 Å². The molecule has 1 N–H and O–H groups in total. The minimum atomic E-state index is 0.0366. The van der Waals surface area contributed by atoms with Gasteiger partial charge in [0.25, 0.3) is 0 Å². The Kier molecular flexibility index (Phi) is 8.07. The molecule has 0 aliphatic rings. The fraction of sp³-hybridized carbons (Fsp3) is 0.174. The van der Waals surface area contributed by atoms with Gasteiger partial charge in [-0.1, -0.05) is 58.4 Å². The lowest BCUT2D eigenvalue weighted by Crippen LogP contribution is -2.15. The zero-order chi connectivity index (χ0) is 19.8. The first-order valence-corrected chi connectivity index (χ1v) is 11.9. The van der Waals surface area contributed by atoms with Crippen molar-refractivity contribution in [2.45, 2.75) is 23.3 Å². The lowest BCUT2D eigenvalue weighted by atomic mass is 10.1. The van der Waals surface area contributed by atoms with Crippen LogP contribution in [-0.4, -0.2) is 11.7 Å². The van der Waals surface area contributed by atoms with E-state index in [2.05, 4.69) is 69.8 Å². The Bertz CT molecular complexity index is 931. The van der Waals surface area contributed by atoms with Gasteiger partial charge in [-0.15, -0.1) is 23.5 Å². The van der Waals surface area contributed by atoms with Crippen molar-refractivity contribution in [1.29, 1.82) is 0 Å². The van der Waals surface area contributed by atoms with Gasteiger partial charge in [-0.3, -0.25) is 4.79 Å². The van der Waals surface area contributed by atoms with E-state index in [1.165, 1.54) is 16.0 Å². The standard InChI is InChI=1S/C23H22BrNOS2/c1-17-12-19(15-28-21-8-3-2-4-9-21)10-11-22(17)25-23(26)16-27-14-18-6-5-7-20(24)13-18/h2-13H,14-16H2,1H3,(H,25,26). The molecule has 2 nitrogen and oxygen atoms in total. The molecule has 3 aromatic carbocycles. The third-order valence-electron chi connectivity index (χ3n) is 4.10. The van der Waals surface area contributed by atoms with Crippen LogP contribution in [0.3, 0.4) is 0 Å². The molecule has 0 fully saturated rings. The largest absolute Gasteiger partial charge is 0.325 e. The number of aryl methyl sites for hydroxylation is 1. The van der Waals surface area contributed by atoms with E-state index < -0.39 is 0 Å². The van der Waals surface area contributed by atoms with Crippen LogP contribution in [0.1, 0.15) is 16.7 Å². The summed E-state index contributed by atoms with van der Waals surface area (Å²) in [5, 5.41) is 3.03. The minimum absolute atomic E-state index is 0.0366. The summed E-state index contributed by atoms with van der Waals surface area (Å²) in [6.45, 7) is 2.04. The van der Waals surface area contributed by atoms with E-state index in [4.69, 9.17) is 0 Å². The average Bonchev–Trinajstić information content (AvgIpc) is 2.69. The molecular weight excluding hydrogens is 450 g/mol. The Hall–Kier alpha value is -1.69. The predicted octanol–water partition coefficient (Wildman–Crippen LogP) is 6.92. The fourth-order valence-electron chi connectivity index (χ4n) is 2.71. The first-order chi connectivity index (χ1) is 13.6. The number of nitrogens with one attached hydrogen (secondary N) is 1. The van der Waals surface area contributed by atoms with Gasteiger partial charge in [-0.2, -0.15) is 0 Å². The van der Waals surface area contributed by atoms with Crippen molar-refractivity contribution >= 4 is 51.0 Å². The van der Waals surface area contributed by atoms with Gasteiger partial charge in [0.1, 0.15) is 0 Å². The Labute approximate surface area is 183 Å². The number of carbonyl (C=O) groups is 1. The smallest absolute Gasteiger partial charge is 0.234 e. The molecule has 0 atom stereocenters. The number of thioether (sulfide) groups is 2. The number of halogens is 1. The Morgan fingerprint density at radius 3 is 2.46 bits per heavy atom. The van der Waals surface area contributed by atoms with Crippen LogP contribution in [0.5, 0.6) is 0 Å². The molecule has 0 aliphatic carbocycles. The van der Waals surface area contributed by atoms with Gasteiger partial charge in [0.05, 0.1) is 5.75 Å². The molecular formula is C23H22BrNOS2. The Balaban J connectivity index is 1.47. The monoisotopic (exact) mass is 471 g/mol. The number of carbonyl (C=O) groups excluding carboxylic acids is 1. The van der Waals surface area contributed by atoms with Gasteiger partial charge in [0.15, 0.2) is 0 Å². The molecule has 0 saturated carbocycles. The Morgan fingerprint density at radius 2 is 1.71 bits per heavy atom. The van der Waals surface area contributed by atoms with Crippen molar-refractivity contribution in [2.24, 2.45) is 0 Å². The van der Waals surface area contributed by atoms with Crippen molar-refractivity contribution in [1.82, 2.24) is 0 Å². The maximum absolute atomic E-state index is 12.3. The number of hydrogen-bond donors (Lipinski definition) is 1. The molecule has 28 heavy (non-hydrogen) atoms. The summed E-state index contributed by atoms with van der Waals surface area (Å²) in [6, 6.07) is 24.8. The summed E-state index contributed by atoms with van der Waals surface area (Å²) in [5.74, 6) is 2.22. The topological polar surface area (TPSA) is 29.1 Å². The highest BCUT2D eigenvalue weighted by Gasteiger charge is 2.07. The van der Waals surface area contributed by atoms with Crippen molar-refractivity contribution < 1.29 is 4.79 Å². The van der Waals surface area contributed by atoms with Gasteiger partial charge < -0.3 is 5.32 Å².